The van der Waals surface area contributed by atoms with E-state index >= 15 is 0 Å². The third kappa shape index (κ3) is 5.54. The van der Waals surface area contributed by atoms with E-state index in [4.69, 9.17) is 14.2 Å². The number of fused-ring (bicyclic) bond motifs is 1. The number of hydrogen-bond donors (Lipinski definition) is 1. The highest BCUT2D eigenvalue weighted by Crippen LogP contribution is 2.32. The fourth-order valence-corrected chi connectivity index (χ4v) is 3.93. The first-order valence-corrected chi connectivity index (χ1v) is 11.0. The lowest BCUT2D eigenvalue weighted by Gasteiger charge is -2.22. The Morgan fingerprint density at radius 1 is 1.17 bits per heavy atom. The largest absolute Gasteiger partial charge is 0.497 e. The van der Waals surface area contributed by atoms with Crippen LogP contribution < -0.4 is 23.8 Å². The van der Waals surface area contributed by atoms with Crippen LogP contribution in [0.4, 0.5) is 5.69 Å². The van der Waals surface area contributed by atoms with E-state index in [0.29, 0.717) is 35.9 Å². The van der Waals surface area contributed by atoms with E-state index in [-0.39, 0.29) is 25.7 Å². The number of nitrogens with zero attached hydrogens (tertiary/aromatic N) is 1. The van der Waals surface area contributed by atoms with Gasteiger partial charge < -0.3 is 19.5 Å². The molecule has 3 rings (SSSR count). The molecule has 2 aromatic carbocycles. The summed E-state index contributed by atoms with van der Waals surface area (Å²) in [5.41, 5.74) is 1.41. The van der Waals surface area contributed by atoms with Gasteiger partial charge in [0.15, 0.2) is 11.5 Å². The third-order valence-corrected chi connectivity index (χ3v) is 5.63. The molecule has 1 N–H and O–H groups in total. The normalized spacial score (nSPS) is 12.5. The van der Waals surface area contributed by atoms with Crippen LogP contribution in [-0.4, -0.2) is 41.0 Å². The predicted octanol–water partition coefficient (Wildman–Crippen LogP) is 2.29. The van der Waals surface area contributed by atoms with Gasteiger partial charge in [-0.3, -0.25) is 9.10 Å². The molecule has 0 unspecified atom stereocenters. The van der Waals surface area contributed by atoms with Gasteiger partial charge in [-0.1, -0.05) is 12.1 Å². The van der Waals surface area contributed by atoms with E-state index in [0.717, 1.165) is 11.8 Å². The van der Waals surface area contributed by atoms with Crippen LogP contribution in [0.25, 0.3) is 0 Å². The zero-order chi connectivity index (χ0) is 20.9. The van der Waals surface area contributed by atoms with Crippen LogP contribution >= 0.6 is 0 Å². The lowest BCUT2D eigenvalue weighted by atomic mass is 10.2. The first-order chi connectivity index (χ1) is 13.9. The molecule has 0 aliphatic carbocycles. The lowest BCUT2D eigenvalue weighted by molar-refractivity contribution is -0.121. The molecule has 0 atom stereocenters. The summed E-state index contributed by atoms with van der Waals surface area (Å²) in [4.78, 5) is 12.2. The van der Waals surface area contributed by atoms with Crippen LogP contribution in [0.15, 0.2) is 42.5 Å². The summed E-state index contributed by atoms with van der Waals surface area (Å²) < 4.78 is 41.4. The number of amides is 1. The van der Waals surface area contributed by atoms with Crippen LogP contribution in [0.5, 0.6) is 17.2 Å². The number of rotatable bonds is 9. The maximum Gasteiger partial charge on any atom is 0.232 e. The number of nitrogens with one attached hydrogen (secondary N) is 1. The summed E-state index contributed by atoms with van der Waals surface area (Å²) in [7, 11) is -1.96. The lowest BCUT2D eigenvalue weighted by Crippen LogP contribution is -2.32. The second kappa shape index (κ2) is 9.04. The zero-order valence-corrected chi connectivity index (χ0v) is 17.2. The number of carbonyl (C=O) groups excluding carboxylic acids is 1. The van der Waals surface area contributed by atoms with Crippen LogP contribution in [0, 0.1) is 0 Å². The molecule has 0 spiro atoms. The van der Waals surface area contributed by atoms with Crippen molar-refractivity contribution in [1.29, 1.82) is 0 Å². The molecule has 1 aliphatic heterocycles. The standard InChI is InChI=1S/C20H24N2O6S/c1-26-17-6-3-5-16(12-17)22(29(2,24)25)10-4-7-20(23)21-13-15-8-9-18-19(11-15)28-14-27-18/h3,5-6,8-9,11-12H,4,7,10,13-14H2,1-2H3,(H,21,23). The van der Waals surface area contributed by atoms with Crippen molar-refractivity contribution in [3.8, 4) is 17.2 Å². The molecule has 0 radical (unpaired) electrons. The molecular formula is C20H24N2O6S. The van der Waals surface area contributed by atoms with Gasteiger partial charge in [-0.25, -0.2) is 8.42 Å². The molecule has 0 fully saturated rings. The highest BCUT2D eigenvalue weighted by molar-refractivity contribution is 7.92. The van der Waals surface area contributed by atoms with Crippen LogP contribution in [0.2, 0.25) is 0 Å². The molecule has 0 bridgehead atoms. The second-order valence-electron chi connectivity index (χ2n) is 6.60. The first kappa shape index (κ1) is 20.8. The monoisotopic (exact) mass is 420 g/mol. The molecule has 156 valence electrons. The Morgan fingerprint density at radius 3 is 2.72 bits per heavy atom. The van der Waals surface area contributed by atoms with E-state index < -0.39 is 10.0 Å². The SMILES string of the molecule is COc1cccc(N(CCCC(=O)NCc2ccc3c(c2)OCO3)S(C)(=O)=O)c1. The fourth-order valence-electron chi connectivity index (χ4n) is 2.98. The minimum absolute atomic E-state index is 0.151. The summed E-state index contributed by atoms with van der Waals surface area (Å²) in [5.74, 6) is 1.77. The minimum Gasteiger partial charge on any atom is -0.497 e. The molecule has 29 heavy (non-hydrogen) atoms. The van der Waals surface area contributed by atoms with Gasteiger partial charge in [0.05, 0.1) is 19.1 Å². The van der Waals surface area contributed by atoms with Gasteiger partial charge in [0.1, 0.15) is 5.75 Å². The Labute approximate surface area is 170 Å². The van der Waals surface area contributed by atoms with Crippen molar-refractivity contribution in [3.05, 3.63) is 48.0 Å². The van der Waals surface area contributed by atoms with Crippen molar-refractivity contribution >= 4 is 21.6 Å². The minimum atomic E-state index is -3.48. The number of ether oxygens (including phenoxy) is 3. The quantitative estimate of drug-likeness (QED) is 0.669. The zero-order valence-electron chi connectivity index (χ0n) is 16.4. The Morgan fingerprint density at radius 2 is 1.97 bits per heavy atom. The molecule has 8 nitrogen and oxygen atoms in total. The molecule has 0 saturated carbocycles. The molecule has 0 saturated heterocycles. The van der Waals surface area contributed by atoms with Crippen LogP contribution in [0.3, 0.4) is 0 Å². The maximum absolute atomic E-state index is 12.2. The molecule has 1 aliphatic rings. The number of carbonyl (C=O) groups is 1. The number of sulfonamides is 1. The molecule has 9 heteroatoms. The Hall–Kier alpha value is -2.94. The fraction of sp³-hybridized carbons (Fsp3) is 0.350. The van der Waals surface area contributed by atoms with E-state index in [1.165, 1.54) is 11.4 Å². The van der Waals surface area contributed by atoms with Crippen molar-refractivity contribution in [2.75, 3.05) is 31.0 Å². The molecule has 0 aromatic heterocycles. The number of hydrogen-bond acceptors (Lipinski definition) is 6. The van der Waals surface area contributed by atoms with Crippen molar-refractivity contribution < 1.29 is 27.4 Å². The molecular weight excluding hydrogens is 396 g/mol. The second-order valence-corrected chi connectivity index (χ2v) is 8.51. The van der Waals surface area contributed by atoms with Crippen LogP contribution in [-0.2, 0) is 21.4 Å². The van der Waals surface area contributed by atoms with E-state index in [2.05, 4.69) is 5.32 Å². The molecule has 2 aromatic rings. The predicted molar refractivity (Wildman–Crippen MR) is 109 cm³/mol. The highest BCUT2D eigenvalue weighted by Gasteiger charge is 2.18. The molecule has 1 amide bonds. The van der Waals surface area contributed by atoms with Crippen LogP contribution in [0.1, 0.15) is 18.4 Å². The smallest absolute Gasteiger partial charge is 0.232 e. The van der Waals surface area contributed by atoms with E-state index in [1.54, 1.807) is 24.3 Å². The average Bonchev–Trinajstić information content (AvgIpc) is 3.16. The van der Waals surface area contributed by atoms with Crippen molar-refractivity contribution in [2.24, 2.45) is 0 Å². The average molecular weight is 420 g/mol. The van der Waals surface area contributed by atoms with Gasteiger partial charge in [-0.05, 0) is 36.2 Å². The van der Waals surface area contributed by atoms with Gasteiger partial charge in [-0.2, -0.15) is 0 Å². The Kier molecular flexibility index (Phi) is 6.48. The Balaban J connectivity index is 1.52. The number of methoxy groups -OCH3 is 1. The van der Waals surface area contributed by atoms with Gasteiger partial charge in [0.2, 0.25) is 22.7 Å². The van der Waals surface area contributed by atoms with Crippen molar-refractivity contribution in [2.45, 2.75) is 19.4 Å². The summed E-state index contributed by atoms with van der Waals surface area (Å²) >= 11 is 0. The summed E-state index contributed by atoms with van der Waals surface area (Å²) in [5, 5.41) is 2.84. The third-order valence-electron chi connectivity index (χ3n) is 4.43. The van der Waals surface area contributed by atoms with Gasteiger partial charge in [0, 0.05) is 25.6 Å². The van der Waals surface area contributed by atoms with Gasteiger partial charge in [0.25, 0.3) is 0 Å². The Bertz CT molecular complexity index is 977. The van der Waals surface area contributed by atoms with Gasteiger partial charge in [-0.15, -0.1) is 0 Å². The highest BCUT2D eigenvalue weighted by atomic mass is 32.2. The summed E-state index contributed by atoms with van der Waals surface area (Å²) in [6.45, 7) is 0.764. The number of anilines is 1. The van der Waals surface area contributed by atoms with Gasteiger partial charge >= 0.3 is 0 Å². The summed E-state index contributed by atoms with van der Waals surface area (Å²) in [6.07, 6.45) is 1.74. The summed E-state index contributed by atoms with van der Waals surface area (Å²) in [6, 6.07) is 12.3. The first-order valence-electron chi connectivity index (χ1n) is 9.14. The number of benzene rings is 2. The van der Waals surface area contributed by atoms with Crippen molar-refractivity contribution in [1.82, 2.24) is 5.32 Å². The van der Waals surface area contributed by atoms with E-state index in [9.17, 15) is 13.2 Å². The van der Waals surface area contributed by atoms with E-state index in [1.807, 2.05) is 18.2 Å². The van der Waals surface area contributed by atoms with Crippen molar-refractivity contribution in [3.63, 3.8) is 0 Å². The maximum atomic E-state index is 12.2. The topological polar surface area (TPSA) is 94.2 Å². The molecule has 1 heterocycles.